The first-order valence-corrected chi connectivity index (χ1v) is 7.67. The standard InChI is InChI=1S/C15H18INO2/c1-2-19-15(18)7-4-8-17-14-10-12-6-3-5-11(12)9-13(14)16/h4,7,9-10,17H,2-3,5-6,8H2,1H3/b7-4-. The lowest BCUT2D eigenvalue weighted by atomic mass is 10.1. The quantitative estimate of drug-likeness (QED) is 0.490. The maximum Gasteiger partial charge on any atom is 0.330 e. The van der Waals surface area contributed by atoms with E-state index < -0.39 is 0 Å². The third-order valence-corrected chi connectivity index (χ3v) is 4.02. The molecule has 0 saturated heterocycles. The van der Waals surface area contributed by atoms with Crippen molar-refractivity contribution in [3.63, 3.8) is 0 Å². The zero-order chi connectivity index (χ0) is 13.7. The molecule has 0 atom stereocenters. The Labute approximate surface area is 127 Å². The molecule has 0 spiro atoms. The Morgan fingerprint density at radius 2 is 2.16 bits per heavy atom. The maximum atomic E-state index is 11.1. The molecule has 0 heterocycles. The van der Waals surface area contributed by atoms with Crippen LogP contribution in [0, 0.1) is 3.57 Å². The van der Waals surface area contributed by atoms with Gasteiger partial charge < -0.3 is 10.1 Å². The topological polar surface area (TPSA) is 38.3 Å². The maximum absolute atomic E-state index is 11.1. The van der Waals surface area contributed by atoms with Gasteiger partial charge in [0.05, 0.1) is 6.61 Å². The monoisotopic (exact) mass is 371 g/mol. The molecule has 2 rings (SSSR count). The minimum absolute atomic E-state index is 0.284. The fraction of sp³-hybridized carbons (Fsp3) is 0.400. The molecule has 0 aromatic heterocycles. The molecule has 0 saturated carbocycles. The average molecular weight is 371 g/mol. The third-order valence-electron chi connectivity index (χ3n) is 3.13. The summed E-state index contributed by atoms with van der Waals surface area (Å²) in [5.41, 5.74) is 4.09. The van der Waals surface area contributed by atoms with Gasteiger partial charge in [-0.05, 0) is 72.0 Å². The van der Waals surface area contributed by atoms with E-state index in [1.54, 1.807) is 13.0 Å². The van der Waals surface area contributed by atoms with E-state index in [0.717, 1.165) is 5.69 Å². The van der Waals surface area contributed by atoms with E-state index in [0.29, 0.717) is 13.2 Å². The van der Waals surface area contributed by atoms with E-state index in [9.17, 15) is 4.79 Å². The van der Waals surface area contributed by atoms with Crippen LogP contribution in [-0.4, -0.2) is 19.1 Å². The van der Waals surface area contributed by atoms with Gasteiger partial charge in [-0.15, -0.1) is 0 Å². The molecule has 1 N–H and O–H groups in total. The van der Waals surface area contributed by atoms with Crippen LogP contribution in [0.25, 0.3) is 0 Å². The number of aryl methyl sites for hydroxylation is 2. The van der Waals surface area contributed by atoms with Gasteiger partial charge in [-0.3, -0.25) is 0 Å². The molecular weight excluding hydrogens is 353 g/mol. The highest BCUT2D eigenvalue weighted by molar-refractivity contribution is 14.1. The van der Waals surface area contributed by atoms with Crippen molar-refractivity contribution in [2.24, 2.45) is 0 Å². The fourth-order valence-electron chi connectivity index (χ4n) is 2.24. The van der Waals surface area contributed by atoms with Crippen molar-refractivity contribution < 1.29 is 9.53 Å². The van der Waals surface area contributed by atoms with Crippen molar-refractivity contribution in [1.29, 1.82) is 0 Å². The summed E-state index contributed by atoms with van der Waals surface area (Å²) in [6.45, 7) is 2.85. The van der Waals surface area contributed by atoms with Gasteiger partial charge in [0.15, 0.2) is 0 Å². The Morgan fingerprint density at radius 3 is 2.89 bits per heavy atom. The molecule has 0 radical (unpaired) electrons. The third kappa shape index (κ3) is 3.96. The van der Waals surface area contributed by atoms with E-state index in [1.807, 2.05) is 0 Å². The van der Waals surface area contributed by atoms with Crippen LogP contribution in [0.3, 0.4) is 0 Å². The fourth-order valence-corrected chi connectivity index (χ4v) is 2.97. The second kappa shape index (κ2) is 6.93. The van der Waals surface area contributed by atoms with Crippen LogP contribution in [-0.2, 0) is 22.4 Å². The zero-order valence-corrected chi connectivity index (χ0v) is 13.2. The second-order valence-electron chi connectivity index (χ2n) is 4.49. The predicted molar refractivity (Wildman–Crippen MR) is 85.4 cm³/mol. The van der Waals surface area contributed by atoms with Crippen molar-refractivity contribution in [2.45, 2.75) is 26.2 Å². The van der Waals surface area contributed by atoms with E-state index in [2.05, 4.69) is 40.0 Å². The first-order valence-electron chi connectivity index (χ1n) is 6.59. The number of hydrogen-bond donors (Lipinski definition) is 1. The number of anilines is 1. The summed E-state index contributed by atoms with van der Waals surface area (Å²) in [6.07, 6.45) is 6.91. The highest BCUT2D eigenvalue weighted by atomic mass is 127. The lowest BCUT2D eigenvalue weighted by Crippen LogP contribution is -2.04. The molecule has 1 aromatic carbocycles. The van der Waals surface area contributed by atoms with E-state index in [-0.39, 0.29) is 5.97 Å². The largest absolute Gasteiger partial charge is 0.463 e. The SMILES string of the molecule is CCOC(=O)/C=C\CNc1cc2c(cc1I)CCC2. The summed E-state index contributed by atoms with van der Waals surface area (Å²) in [5.74, 6) is -0.284. The van der Waals surface area contributed by atoms with E-state index in [1.165, 1.54) is 40.0 Å². The van der Waals surface area contributed by atoms with E-state index >= 15 is 0 Å². The second-order valence-corrected chi connectivity index (χ2v) is 5.65. The Morgan fingerprint density at radius 1 is 1.42 bits per heavy atom. The Hall–Kier alpha value is -1.04. The zero-order valence-electron chi connectivity index (χ0n) is 11.0. The summed E-state index contributed by atoms with van der Waals surface area (Å²) in [4.78, 5) is 11.1. The normalized spacial score (nSPS) is 13.6. The van der Waals surface area contributed by atoms with Crippen molar-refractivity contribution in [1.82, 2.24) is 0 Å². The molecule has 0 bridgehead atoms. The number of ether oxygens (including phenoxy) is 1. The molecule has 19 heavy (non-hydrogen) atoms. The summed E-state index contributed by atoms with van der Waals surface area (Å²) >= 11 is 2.35. The summed E-state index contributed by atoms with van der Waals surface area (Å²) in [7, 11) is 0. The van der Waals surface area contributed by atoms with Crippen molar-refractivity contribution >= 4 is 34.2 Å². The Kier molecular flexibility index (Phi) is 5.24. The average Bonchev–Trinajstić information content (AvgIpc) is 2.82. The van der Waals surface area contributed by atoms with Crippen LogP contribution in [0.1, 0.15) is 24.5 Å². The highest BCUT2D eigenvalue weighted by Crippen LogP contribution is 2.29. The summed E-state index contributed by atoms with van der Waals surface area (Å²) in [6, 6.07) is 4.50. The number of carbonyl (C=O) groups excluding carboxylic acids is 1. The number of rotatable bonds is 5. The molecule has 1 aliphatic rings. The first-order chi connectivity index (χ1) is 9.20. The minimum Gasteiger partial charge on any atom is -0.463 e. The van der Waals surface area contributed by atoms with Crippen LogP contribution >= 0.6 is 22.6 Å². The van der Waals surface area contributed by atoms with Gasteiger partial charge in [-0.1, -0.05) is 6.08 Å². The van der Waals surface area contributed by atoms with Crippen LogP contribution in [0.5, 0.6) is 0 Å². The van der Waals surface area contributed by atoms with Crippen LogP contribution in [0.4, 0.5) is 5.69 Å². The van der Waals surface area contributed by atoms with Crippen LogP contribution < -0.4 is 5.32 Å². The van der Waals surface area contributed by atoms with E-state index in [4.69, 9.17) is 4.74 Å². The predicted octanol–water partition coefficient (Wildman–Crippen LogP) is 3.31. The molecule has 4 heteroatoms. The van der Waals surface area contributed by atoms with Crippen LogP contribution in [0.15, 0.2) is 24.3 Å². The summed E-state index contributed by atoms with van der Waals surface area (Å²) < 4.78 is 6.06. The number of halogens is 1. The van der Waals surface area contributed by atoms with Gasteiger partial charge >= 0.3 is 5.97 Å². The number of esters is 1. The number of nitrogens with one attached hydrogen (secondary N) is 1. The number of carbonyl (C=O) groups is 1. The lowest BCUT2D eigenvalue weighted by molar-refractivity contribution is -0.137. The minimum atomic E-state index is -0.284. The van der Waals surface area contributed by atoms with Gasteiger partial charge in [0.25, 0.3) is 0 Å². The van der Waals surface area contributed by atoms with Crippen molar-refractivity contribution in [3.8, 4) is 0 Å². The Bertz CT molecular complexity index is 497. The number of benzene rings is 1. The lowest BCUT2D eigenvalue weighted by Gasteiger charge is -2.09. The van der Waals surface area contributed by atoms with Crippen molar-refractivity contribution in [3.05, 3.63) is 39.0 Å². The van der Waals surface area contributed by atoms with Gasteiger partial charge in [-0.2, -0.15) is 0 Å². The molecule has 0 unspecified atom stereocenters. The van der Waals surface area contributed by atoms with Crippen molar-refractivity contribution in [2.75, 3.05) is 18.5 Å². The molecule has 3 nitrogen and oxygen atoms in total. The smallest absolute Gasteiger partial charge is 0.330 e. The summed E-state index contributed by atoms with van der Waals surface area (Å²) in [5, 5.41) is 3.34. The van der Waals surface area contributed by atoms with Gasteiger partial charge in [-0.25, -0.2) is 4.79 Å². The van der Waals surface area contributed by atoms with Gasteiger partial charge in [0.2, 0.25) is 0 Å². The van der Waals surface area contributed by atoms with Gasteiger partial charge in [0.1, 0.15) is 0 Å². The highest BCUT2D eigenvalue weighted by Gasteiger charge is 2.13. The number of fused-ring (bicyclic) bond motifs is 1. The molecule has 102 valence electrons. The van der Waals surface area contributed by atoms with Gasteiger partial charge in [0, 0.05) is 21.9 Å². The van der Waals surface area contributed by atoms with Crippen LogP contribution in [0.2, 0.25) is 0 Å². The molecule has 0 fully saturated rings. The molecular formula is C15H18INO2. The first kappa shape index (κ1) is 14.4. The molecule has 1 aromatic rings. The Balaban J connectivity index is 1.91. The molecule has 0 aliphatic heterocycles. The molecule has 0 amide bonds. The molecule has 1 aliphatic carbocycles. The number of hydrogen-bond acceptors (Lipinski definition) is 3.